The van der Waals surface area contributed by atoms with E-state index in [0.29, 0.717) is 11.6 Å². The minimum atomic E-state index is 0.00929. The van der Waals surface area contributed by atoms with Gasteiger partial charge in [-0.05, 0) is 37.1 Å². The van der Waals surface area contributed by atoms with E-state index in [2.05, 4.69) is 15.6 Å². The van der Waals surface area contributed by atoms with Crippen LogP contribution in [0.3, 0.4) is 0 Å². The molecule has 0 aliphatic heterocycles. The van der Waals surface area contributed by atoms with Gasteiger partial charge < -0.3 is 20.1 Å². The molecule has 6 nitrogen and oxygen atoms in total. The van der Waals surface area contributed by atoms with E-state index in [1.54, 1.807) is 32.5 Å². The summed E-state index contributed by atoms with van der Waals surface area (Å²) in [5.41, 5.74) is 1.60. The molecule has 1 aromatic carbocycles. The Hall–Kier alpha value is -2.76. The average molecular weight is 343 g/mol. The van der Waals surface area contributed by atoms with E-state index in [1.807, 2.05) is 32.0 Å². The molecule has 0 aliphatic carbocycles. The van der Waals surface area contributed by atoms with Crippen LogP contribution in [0.15, 0.2) is 36.5 Å². The minimum Gasteiger partial charge on any atom is -0.497 e. The highest BCUT2D eigenvalue weighted by molar-refractivity contribution is 5.91. The lowest BCUT2D eigenvalue weighted by Gasteiger charge is -2.14. The number of hydrogen-bond donors (Lipinski definition) is 2. The number of nitrogens with zero attached hydrogens (tertiary/aromatic N) is 1. The molecular weight excluding hydrogens is 318 g/mol. The summed E-state index contributed by atoms with van der Waals surface area (Å²) < 4.78 is 10.6. The lowest BCUT2D eigenvalue weighted by atomic mass is 10.0. The summed E-state index contributed by atoms with van der Waals surface area (Å²) in [7, 11) is 3.22. The fourth-order valence-electron chi connectivity index (χ4n) is 2.49. The number of methoxy groups -OCH3 is 2. The predicted octanol–water partition coefficient (Wildman–Crippen LogP) is 4.22. The van der Waals surface area contributed by atoms with Crippen molar-refractivity contribution in [3.63, 3.8) is 0 Å². The zero-order valence-corrected chi connectivity index (χ0v) is 15.1. The zero-order chi connectivity index (χ0) is 18.2. The monoisotopic (exact) mass is 343 g/mol. The van der Waals surface area contributed by atoms with E-state index in [4.69, 9.17) is 9.47 Å². The largest absolute Gasteiger partial charge is 0.497 e. The third-order valence-corrected chi connectivity index (χ3v) is 4.06. The van der Waals surface area contributed by atoms with Gasteiger partial charge in [-0.3, -0.25) is 4.79 Å². The van der Waals surface area contributed by atoms with Crippen LogP contribution in [0.2, 0.25) is 0 Å². The summed E-state index contributed by atoms with van der Waals surface area (Å²) in [6.07, 6.45) is 3.31. The molecule has 25 heavy (non-hydrogen) atoms. The zero-order valence-electron chi connectivity index (χ0n) is 15.1. The van der Waals surface area contributed by atoms with Crippen LogP contribution in [-0.4, -0.2) is 25.1 Å². The Morgan fingerprint density at radius 3 is 2.44 bits per heavy atom. The Morgan fingerprint density at radius 1 is 1.12 bits per heavy atom. The maximum Gasteiger partial charge on any atom is 0.228 e. The van der Waals surface area contributed by atoms with Gasteiger partial charge in [-0.25, -0.2) is 4.98 Å². The number of pyridine rings is 1. The summed E-state index contributed by atoms with van der Waals surface area (Å²) in [5.74, 6) is 1.97. The first kappa shape index (κ1) is 18.6. The smallest absolute Gasteiger partial charge is 0.228 e. The number of nitrogens with one attached hydrogen (secondary N) is 2. The van der Waals surface area contributed by atoms with Crippen LogP contribution in [0.1, 0.15) is 26.7 Å². The summed E-state index contributed by atoms with van der Waals surface area (Å²) in [5, 5.41) is 6.10. The van der Waals surface area contributed by atoms with E-state index in [9.17, 15) is 4.79 Å². The van der Waals surface area contributed by atoms with Gasteiger partial charge >= 0.3 is 0 Å². The Balaban J connectivity index is 2.07. The van der Waals surface area contributed by atoms with Crippen molar-refractivity contribution in [1.29, 1.82) is 0 Å². The van der Waals surface area contributed by atoms with Crippen molar-refractivity contribution in [3.8, 4) is 11.5 Å². The molecule has 1 heterocycles. The first-order valence-electron chi connectivity index (χ1n) is 8.37. The van der Waals surface area contributed by atoms with Crippen molar-refractivity contribution in [2.75, 3.05) is 24.9 Å². The lowest BCUT2D eigenvalue weighted by molar-refractivity contribution is -0.120. The third-order valence-electron chi connectivity index (χ3n) is 4.06. The van der Waals surface area contributed by atoms with Crippen molar-refractivity contribution in [1.82, 2.24) is 4.98 Å². The number of ether oxygens (including phenoxy) is 2. The number of aromatic nitrogens is 1. The summed E-state index contributed by atoms with van der Waals surface area (Å²) in [4.78, 5) is 16.4. The molecule has 6 heteroatoms. The van der Waals surface area contributed by atoms with Gasteiger partial charge in [-0.2, -0.15) is 0 Å². The quantitative estimate of drug-likeness (QED) is 0.751. The Labute approximate surface area is 148 Å². The molecule has 2 N–H and O–H groups in total. The van der Waals surface area contributed by atoms with Crippen molar-refractivity contribution >= 4 is 23.1 Å². The van der Waals surface area contributed by atoms with Gasteiger partial charge in [0.05, 0.1) is 31.8 Å². The van der Waals surface area contributed by atoms with E-state index >= 15 is 0 Å². The van der Waals surface area contributed by atoms with Gasteiger partial charge in [0.2, 0.25) is 5.91 Å². The first-order chi connectivity index (χ1) is 12.1. The van der Waals surface area contributed by atoms with E-state index in [0.717, 1.165) is 30.0 Å². The Morgan fingerprint density at radius 2 is 1.88 bits per heavy atom. The molecule has 2 rings (SSSR count). The van der Waals surface area contributed by atoms with Crippen molar-refractivity contribution in [2.24, 2.45) is 5.92 Å². The van der Waals surface area contributed by atoms with Gasteiger partial charge in [0, 0.05) is 12.0 Å². The molecule has 0 spiro atoms. The highest BCUT2D eigenvalue weighted by atomic mass is 16.5. The van der Waals surface area contributed by atoms with Crippen LogP contribution in [0, 0.1) is 5.92 Å². The number of hydrogen-bond acceptors (Lipinski definition) is 5. The molecule has 0 bridgehead atoms. The third kappa shape index (κ3) is 4.86. The minimum absolute atomic E-state index is 0.00929. The number of anilines is 3. The fourth-order valence-corrected chi connectivity index (χ4v) is 2.49. The van der Waals surface area contributed by atoms with Crippen LogP contribution >= 0.6 is 0 Å². The van der Waals surface area contributed by atoms with Gasteiger partial charge in [0.1, 0.15) is 17.3 Å². The predicted molar refractivity (Wildman–Crippen MR) is 99.8 cm³/mol. The molecule has 1 aromatic heterocycles. The van der Waals surface area contributed by atoms with Crippen LogP contribution in [0.5, 0.6) is 11.5 Å². The van der Waals surface area contributed by atoms with E-state index < -0.39 is 0 Å². The van der Waals surface area contributed by atoms with Crippen molar-refractivity contribution in [3.05, 3.63) is 36.5 Å². The van der Waals surface area contributed by atoms with E-state index in [-0.39, 0.29) is 11.8 Å². The molecule has 0 unspecified atom stereocenters. The van der Waals surface area contributed by atoms with Crippen molar-refractivity contribution < 1.29 is 14.3 Å². The van der Waals surface area contributed by atoms with Crippen LogP contribution < -0.4 is 20.1 Å². The molecule has 134 valence electrons. The molecule has 0 radical (unpaired) electrons. The standard InChI is InChI=1S/C19H25N3O3/c1-5-13(6-2)19(23)22-18-10-7-14(12-20-18)21-16-9-8-15(24-3)11-17(16)25-4/h7-13,21H,5-6H2,1-4H3,(H,20,22,23). The molecule has 1 amide bonds. The van der Waals surface area contributed by atoms with Crippen LogP contribution in [0.4, 0.5) is 17.2 Å². The fraction of sp³-hybridized carbons (Fsp3) is 0.368. The number of amides is 1. The van der Waals surface area contributed by atoms with Gasteiger partial charge in [0.15, 0.2) is 0 Å². The van der Waals surface area contributed by atoms with Crippen molar-refractivity contribution in [2.45, 2.75) is 26.7 Å². The maximum absolute atomic E-state index is 12.1. The second-order valence-electron chi connectivity index (χ2n) is 5.63. The molecule has 2 aromatic rings. The maximum atomic E-state index is 12.1. The number of carbonyl (C=O) groups excluding carboxylic acids is 1. The van der Waals surface area contributed by atoms with Gasteiger partial charge in [-0.1, -0.05) is 13.8 Å². The molecule has 0 fully saturated rings. The highest BCUT2D eigenvalue weighted by Crippen LogP contribution is 2.31. The molecular formula is C19H25N3O3. The van der Waals surface area contributed by atoms with Crippen LogP contribution in [0.25, 0.3) is 0 Å². The number of carbonyl (C=O) groups is 1. The Bertz CT molecular complexity index is 698. The lowest BCUT2D eigenvalue weighted by Crippen LogP contribution is -2.22. The highest BCUT2D eigenvalue weighted by Gasteiger charge is 2.14. The Kier molecular flexibility index (Phi) is 6.62. The van der Waals surface area contributed by atoms with Gasteiger partial charge in [0.25, 0.3) is 0 Å². The molecule has 0 atom stereocenters. The SMILES string of the molecule is CCC(CC)C(=O)Nc1ccc(Nc2ccc(OC)cc2OC)cn1. The summed E-state index contributed by atoms with van der Waals surface area (Å²) in [6, 6.07) is 9.17. The normalized spacial score (nSPS) is 10.4. The molecule has 0 aliphatic rings. The summed E-state index contributed by atoms with van der Waals surface area (Å²) >= 11 is 0. The van der Waals surface area contributed by atoms with Crippen LogP contribution in [-0.2, 0) is 4.79 Å². The molecule has 0 saturated heterocycles. The summed E-state index contributed by atoms with van der Waals surface area (Å²) in [6.45, 7) is 4.02. The topological polar surface area (TPSA) is 72.5 Å². The van der Waals surface area contributed by atoms with E-state index in [1.165, 1.54) is 0 Å². The second-order valence-corrected chi connectivity index (χ2v) is 5.63. The number of benzene rings is 1. The number of rotatable bonds is 8. The average Bonchev–Trinajstić information content (AvgIpc) is 2.64. The second kappa shape index (κ2) is 8.92. The molecule has 0 saturated carbocycles. The first-order valence-corrected chi connectivity index (χ1v) is 8.37. The van der Waals surface area contributed by atoms with Gasteiger partial charge in [-0.15, -0.1) is 0 Å².